The first-order chi connectivity index (χ1) is 13.7. The number of aliphatic hydroxyl groups excluding tert-OH is 1. The van der Waals surface area contributed by atoms with Crippen LogP contribution < -0.4 is 10.6 Å². The van der Waals surface area contributed by atoms with Gasteiger partial charge in [0.2, 0.25) is 0 Å². The number of benzene rings is 2. The van der Waals surface area contributed by atoms with Crippen LogP contribution in [0.25, 0.3) is 0 Å². The predicted octanol–water partition coefficient (Wildman–Crippen LogP) is 3.56. The highest BCUT2D eigenvalue weighted by atomic mass is 16.3. The van der Waals surface area contributed by atoms with Crippen molar-refractivity contribution < 1.29 is 14.7 Å². The molecule has 2 aromatic carbocycles. The third kappa shape index (κ3) is 3.99. The van der Waals surface area contributed by atoms with Crippen LogP contribution in [0.1, 0.15) is 43.4 Å². The Morgan fingerprint density at radius 3 is 2.66 bits per heavy atom. The molecule has 6 heteroatoms. The Morgan fingerprint density at radius 2 is 1.97 bits per heavy atom. The fourth-order valence-corrected chi connectivity index (χ4v) is 3.55. The molecule has 1 aliphatic heterocycles. The number of carbonyl (C=O) groups excluding carboxylic acids is 2. The summed E-state index contributed by atoms with van der Waals surface area (Å²) in [4.78, 5) is 25.3. The molecule has 3 rings (SSSR count). The van der Waals surface area contributed by atoms with Gasteiger partial charge in [-0.1, -0.05) is 44.2 Å². The van der Waals surface area contributed by atoms with E-state index in [1.54, 1.807) is 37.3 Å². The summed E-state index contributed by atoms with van der Waals surface area (Å²) in [6.07, 6.45) is 0.249. The number of hydrogen-bond donors (Lipinski definition) is 3. The van der Waals surface area contributed by atoms with E-state index in [1.807, 2.05) is 32.0 Å². The Labute approximate surface area is 169 Å². The van der Waals surface area contributed by atoms with Crippen LogP contribution in [0.5, 0.6) is 0 Å². The Balaban J connectivity index is 1.89. The standard InChI is InChI=1S/C23H23N3O3/c1-14(2)17-9-4-5-10-18(17)25-21(28)19-20(27)23(3,26-22(19)29)12-15-7-6-8-16(11-15)13-24/h4-11,14,27H,12H2,1-3H3,(H,25,28)(H,26,29). The molecule has 2 aromatic rings. The topological polar surface area (TPSA) is 102 Å². The Morgan fingerprint density at radius 1 is 1.24 bits per heavy atom. The average molecular weight is 389 g/mol. The van der Waals surface area contributed by atoms with E-state index < -0.39 is 17.4 Å². The van der Waals surface area contributed by atoms with E-state index in [1.165, 1.54) is 0 Å². The molecule has 1 unspecified atom stereocenters. The van der Waals surface area contributed by atoms with Gasteiger partial charge in [-0.2, -0.15) is 5.26 Å². The van der Waals surface area contributed by atoms with Gasteiger partial charge < -0.3 is 15.7 Å². The highest BCUT2D eigenvalue weighted by Gasteiger charge is 2.44. The van der Waals surface area contributed by atoms with E-state index in [0.717, 1.165) is 11.1 Å². The predicted molar refractivity (Wildman–Crippen MR) is 110 cm³/mol. The van der Waals surface area contributed by atoms with Crippen molar-refractivity contribution >= 4 is 17.5 Å². The van der Waals surface area contributed by atoms with Crippen LogP contribution in [-0.2, 0) is 16.0 Å². The van der Waals surface area contributed by atoms with Crippen molar-refractivity contribution in [2.24, 2.45) is 0 Å². The smallest absolute Gasteiger partial charge is 0.264 e. The summed E-state index contributed by atoms with van der Waals surface area (Å²) in [6, 6.07) is 16.4. The first kappa shape index (κ1) is 20.2. The van der Waals surface area contributed by atoms with E-state index in [2.05, 4.69) is 16.7 Å². The second-order valence-corrected chi connectivity index (χ2v) is 7.69. The van der Waals surface area contributed by atoms with Gasteiger partial charge in [-0.25, -0.2) is 0 Å². The maximum atomic E-state index is 12.8. The van der Waals surface area contributed by atoms with Crippen LogP contribution in [-0.4, -0.2) is 22.5 Å². The molecule has 0 radical (unpaired) electrons. The number of aliphatic hydroxyl groups is 1. The lowest BCUT2D eigenvalue weighted by Crippen LogP contribution is -2.43. The van der Waals surface area contributed by atoms with Gasteiger partial charge in [0.25, 0.3) is 11.8 Å². The summed E-state index contributed by atoms with van der Waals surface area (Å²) < 4.78 is 0. The number of nitrogens with zero attached hydrogens (tertiary/aromatic N) is 1. The van der Waals surface area contributed by atoms with Crippen LogP contribution in [0.2, 0.25) is 0 Å². The number of carbonyl (C=O) groups is 2. The monoisotopic (exact) mass is 389 g/mol. The average Bonchev–Trinajstić information content (AvgIpc) is 2.90. The van der Waals surface area contributed by atoms with E-state index >= 15 is 0 Å². The highest BCUT2D eigenvalue weighted by Crippen LogP contribution is 2.31. The molecule has 1 atom stereocenters. The molecule has 1 aliphatic rings. The van der Waals surface area contributed by atoms with Gasteiger partial charge in [0.1, 0.15) is 11.3 Å². The largest absolute Gasteiger partial charge is 0.509 e. The molecule has 6 nitrogen and oxygen atoms in total. The molecule has 0 aliphatic carbocycles. The second-order valence-electron chi connectivity index (χ2n) is 7.69. The lowest BCUT2D eigenvalue weighted by atomic mass is 9.91. The van der Waals surface area contributed by atoms with E-state index in [-0.39, 0.29) is 23.7 Å². The van der Waals surface area contributed by atoms with E-state index in [9.17, 15) is 14.7 Å². The van der Waals surface area contributed by atoms with Crippen LogP contribution in [0.4, 0.5) is 5.69 Å². The summed E-state index contributed by atoms with van der Waals surface area (Å²) in [5, 5.41) is 25.3. The Hall–Kier alpha value is -3.59. The first-order valence-electron chi connectivity index (χ1n) is 9.40. The van der Waals surface area contributed by atoms with Crippen LogP contribution in [0.3, 0.4) is 0 Å². The third-order valence-corrected chi connectivity index (χ3v) is 5.05. The molecule has 0 bridgehead atoms. The summed E-state index contributed by atoms with van der Waals surface area (Å²) in [6.45, 7) is 5.68. The van der Waals surface area contributed by atoms with Gasteiger partial charge in [0.15, 0.2) is 0 Å². The lowest BCUT2D eigenvalue weighted by molar-refractivity contribution is -0.121. The van der Waals surface area contributed by atoms with Crippen LogP contribution in [0.15, 0.2) is 59.9 Å². The van der Waals surface area contributed by atoms with Crippen molar-refractivity contribution in [3.05, 3.63) is 76.6 Å². The Kier molecular flexibility index (Phi) is 5.42. The van der Waals surface area contributed by atoms with Crippen molar-refractivity contribution in [2.75, 3.05) is 5.32 Å². The zero-order valence-electron chi connectivity index (χ0n) is 16.6. The molecule has 0 saturated heterocycles. The fraction of sp³-hybridized carbons (Fsp3) is 0.261. The fourth-order valence-electron chi connectivity index (χ4n) is 3.55. The molecule has 0 fully saturated rings. The molecule has 148 valence electrons. The molecule has 3 N–H and O–H groups in total. The zero-order chi connectivity index (χ0) is 21.2. The SMILES string of the molecule is CC(C)c1ccccc1NC(=O)C1=C(O)C(C)(Cc2cccc(C#N)c2)NC1=O. The number of hydrogen-bond acceptors (Lipinski definition) is 4. The summed E-state index contributed by atoms with van der Waals surface area (Å²) >= 11 is 0. The number of nitriles is 1. The van der Waals surface area contributed by atoms with Crippen LogP contribution >= 0.6 is 0 Å². The normalized spacial score (nSPS) is 18.5. The molecular formula is C23H23N3O3. The van der Waals surface area contributed by atoms with E-state index in [0.29, 0.717) is 11.3 Å². The number of para-hydroxylation sites is 1. The lowest BCUT2D eigenvalue weighted by Gasteiger charge is -2.24. The molecule has 29 heavy (non-hydrogen) atoms. The molecular weight excluding hydrogens is 366 g/mol. The first-order valence-corrected chi connectivity index (χ1v) is 9.40. The highest BCUT2D eigenvalue weighted by molar-refractivity contribution is 6.25. The Bertz CT molecular complexity index is 1050. The zero-order valence-corrected chi connectivity index (χ0v) is 16.6. The third-order valence-electron chi connectivity index (χ3n) is 5.05. The van der Waals surface area contributed by atoms with Crippen molar-refractivity contribution in [2.45, 2.75) is 38.6 Å². The second kappa shape index (κ2) is 7.80. The molecule has 0 aromatic heterocycles. The van der Waals surface area contributed by atoms with Crippen molar-refractivity contribution in [1.82, 2.24) is 5.32 Å². The number of anilines is 1. The van der Waals surface area contributed by atoms with Gasteiger partial charge in [-0.3, -0.25) is 9.59 Å². The number of amides is 2. The quantitative estimate of drug-likeness (QED) is 0.680. The van der Waals surface area contributed by atoms with Crippen molar-refractivity contribution in [3.63, 3.8) is 0 Å². The van der Waals surface area contributed by atoms with Crippen LogP contribution in [0, 0.1) is 11.3 Å². The molecule has 0 saturated carbocycles. The molecule has 0 spiro atoms. The molecule has 1 heterocycles. The van der Waals surface area contributed by atoms with E-state index in [4.69, 9.17) is 5.26 Å². The van der Waals surface area contributed by atoms with Gasteiger partial charge >= 0.3 is 0 Å². The van der Waals surface area contributed by atoms with Crippen molar-refractivity contribution in [3.8, 4) is 6.07 Å². The maximum absolute atomic E-state index is 12.8. The van der Waals surface area contributed by atoms with Crippen molar-refractivity contribution in [1.29, 1.82) is 5.26 Å². The van der Waals surface area contributed by atoms with Gasteiger partial charge in [0.05, 0.1) is 17.2 Å². The maximum Gasteiger partial charge on any atom is 0.264 e. The summed E-state index contributed by atoms with van der Waals surface area (Å²) in [7, 11) is 0. The summed E-state index contributed by atoms with van der Waals surface area (Å²) in [5.41, 5.74) is 1.39. The molecule has 2 amide bonds. The van der Waals surface area contributed by atoms with Gasteiger partial charge in [-0.05, 0) is 42.2 Å². The minimum atomic E-state index is -1.13. The van der Waals surface area contributed by atoms with Gasteiger partial charge in [0, 0.05) is 12.1 Å². The van der Waals surface area contributed by atoms with Gasteiger partial charge in [-0.15, -0.1) is 0 Å². The number of rotatable bonds is 5. The minimum absolute atomic E-state index is 0.184. The summed E-state index contributed by atoms with van der Waals surface area (Å²) in [5.74, 6) is -1.39. The minimum Gasteiger partial charge on any atom is -0.509 e. The number of nitrogens with one attached hydrogen (secondary N) is 2.